The Morgan fingerprint density at radius 1 is 1.45 bits per heavy atom. The van der Waals surface area contributed by atoms with Crippen LogP contribution in [-0.2, 0) is 9.53 Å². The monoisotopic (exact) mass is 300 g/mol. The number of amides is 1. The van der Waals surface area contributed by atoms with Gasteiger partial charge in [0.2, 0.25) is 0 Å². The van der Waals surface area contributed by atoms with Crippen LogP contribution in [0.3, 0.4) is 0 Å². The lowest BCUT2D eigenvalue weighted by atomic mass is 10.1. The summed E-state index contributed by atoms with van der Waals surface area (Å²) >= 11 is 5.72. The van der Waals surface area contributed by atoms with Crippen molar-refractivity contribution >= 4 is 23.7 Å². The van der Waals surface area contributed by atoms with Crippen molar-refractivity contribution in [1.29, 1.82) is 0 Å². The van der Waals surface area contributed by atoms with Crippen LogP contribution in [0.1, 0.15) is 38.9 Å². The first-order valence-corrected chi connectivity index (χ1v) is 6.38. The summed E-state index contributed by atoms with van der Waals surface area (Å²) in [7, 11) is 0. The maximum Gasteiger partial charge on any atom is 0.408 e. The molecule has 1 aromatic rings. The minimum Gasteiger partial charge on any atom is -0.481 e. The van der Waals surface area contributed by atoms with Gasteiger partial charge in [-0.3, -0.25) is 9.78 Å². The molecule has 0 saturated heterocycles. The predicted octanol–water partition coefficient (Wildman–Crippen LogP) is 2.78. The summed E-state index contributed by atoms with van der Waals surface area (Å²) in [5.74, 6) is -1.05. The van der Waals surface area contributed by atoms with Crippen molar-refractivity contribution in [3.63, 3.8) is 0 Å². The molecule has 0 aliphatic rings. The summed E-state index contributed by atoms with van der Waals surface area (Å²) in [5.41, 5.74) is -0.256. The summed E-state index contributed by atoms with van der Waals surface area (Å²) in [5, 5.41) is 11.8. The molecule has 0 unspecified atom stereocenters. The Bertz CT molecular complexity index is 482. The molecule has 0 aliphatic heterocycles. The van der Waals surface area contributed by atoms with Crippen LogP contribution >= 0.6 is 11.6 Å². The Kier molecular flexibility index (Phi) is 5.33. The van der Waals surface area contributed by atoms with Crippen LogP contribution in [0.2, 0.25) is 5.02 Å². The van der Waals surface area contributed by atoms with Gasteiger partial charge in [-0.15, -0.1) is 0 Å². The number of aromatic nitrogens is 1. The van der Waals surface area contributed by atoms with Crippen LogP contribution in [0.5, 0.6) is 0 Å². The summed E-state index contributed by atoms with van der Waals surface area (Å²) in [6.07, 6.45) is 0.400. The van der Waals surface area contributed by atoms with E-state index in [1.165, 1.54) is 6.20 Å². The summed E-state index contributed by atoms with van der Waals surface area (Å²) < 4.78 is 5.10. The highest BCUT2D eigenvalue weighted by Gasteiger charge is 2.23. The number of aliphatic carboxylic acids is 1. The largest absolute Gasteiger partial charge is 0.481 e. The number of pyridine rings is 1. The van der Waals surface area contributed by atoms with Crippen molar-refractivity contribution in [2.75, 3.05) is 0 Å². The fourth-order valence-electron chi connectivity index (χ4n) is 1.45. The van der Waals surface area contributed by atoms with E-state index in [2.05, 4.69) is 10.3 Å². The minimum atomic E-state index is -1.05. The van der Waals surface area contributed by atoms with E-state index in [9.17, 15) is 9.59 Å². The standard InChI is InChI=1S/C13H17ClN2O4/c1-13(2,3)20-12(19)16-10(6-11(17)18)9-5-4-8(14)7-15-9/h4-5,7,10H,6H2,1-3H3,(H,16,19)(H,17,18)/t10-/m1/s1. The Morgan fingerprint density at radius 3 is 2.55 bits per heavy atom. The van der Waals surface area contributed by atoms with Crippen molar-refractivity contribution < 1.29 is 19.4 Å². The maximum atomic E-state index is 11.7. The molecule has 0 saturated carbocycles. The second-order valence-corrected chi connectivity index (χ2v) is 5.63. The van der Waals surface area contributed by atoms with Gasteiger partial charge in [0.1, 0.15) is 5.60 Å². The topological polar surface area (TPSA) is 88.5 Å². The van der Waals surface area contributed by atoms with Crippen molar-refractivity contribution in [2.24, 2.45) is 0 Å². The molecule has 7 heteroatoms. The molecule has 0 spiro atoms. The summed E-state index contributed by atoms with van der Waals surface area (Å²) in [6.45, 7) is 5.16. The molecule has 20 heavy (non-hydrogen) atoms. The third-order valence-corrected chi connectivity index (χ3v) is 2.40. The van der Waals surface area contributed by atoms with Crippen molar-refractivity contribution in [3.05, 3.63) is 29.0 Å². The predicted molar refractivity (Wildman–Crippen MR) is 73.6 cm³/mol. The van der Waals surface area contributed by atoms with Gasteiger partial charge in [-0.05, 0) is 32.9 Å². The Hall–Kier alpha value is -1.82. The maximum absolute atomic E-state index is 11.7. The van der Waals surface area contributed by atoms with Crippen LogP contribution in [-0.4, -0.2) is 27.8 Å². The van der Waals surface area contributed by atoms with E-state index in [1.807, 2.05) is 0 Å². The zero-order valence-corrected chi connectivity index (χ0v) is 12.3. The van der Waals surface area contributed by atoms with Gasteiger partial charge < -0.3 is 15.2 Å². The second kappa shape index (κ2) is 6.56. The smallest absolute Gasteiger partial charge is 0.408 e. The van der Waals surface area contributed by atoms with Crippen LogP contribution in [0.4, 0.5) is 4.79 Å². The zero-order chi connectivity index (χ0) is 15.3. The number of hydrogen-bond acceptors (Lipinski definition) is 4. The fourth-order valence-corrected chi connectivity index (χ4v) is 1.56. The lowest BCUT2D eigenvalue weighted by Gasteiger charge is -2.22. The van der Waals surface area contributed by atoms with Gasteiger partial charge in [-0.25, -0.2) is 4.79 Å². The van der Waals surface area contributed by atoms with Gasteiger partial charge >= 0.3 is 12.1 Å². The zero-order valence-electron chi connectivity index (χ0n) is 11.5. The number of carboxylic acid groups (broad SMARTS) is 1. The number of hydrogen-bond donors (Lipinski definition) is 2. The van der Waals surface area contributed by atoms with E-state index in [4.69, 9.17) is 21.4 Å². The number of halogens is 1. The molecule has 0 aromatic carbocycles. The van der Waals surface area contributed by atoms with Crippen LogP contribution in [0.15, 0.2) is 18.3 Å². The Balaban J connectivity index is 2.82. The quantitative estimate of drug-likeness (QED) is 0.892. The number of nitrogens with zero attached hydrogens (tertiary/aromatic N) is 1. The van der Waals surface area contributed by atoms with Gasteiger partial charge in [-0.2, -0.15) is 0 Å². The van der Waals surface area contributed by atoms with Gasteiger partial charge in [0.15, 0.2) is 0 Å². The molecule has 1 atom stereocenters. The molecule has 110 valence electrons. The van der Waals surface area contributed by atoms with Crippen LogP contribution in [0, 0.1) is 0 Å². The molecule has 1 heterocycles. The number of alkyl carbamates (subject to hydrolysis) is 1. The van der Waals surface area contributed by atoms with Crippen LogP contribution < -0.4 is 5.32 Å². The normalized spacial score (nSPS) is 12.6. The summed E-state index contributed by atoms with van der Waals surface area (Å²) in [4.78, 5) is 26.6. The van der Waals surface area contributed by atoms with Crippen molar-refractivity contribution in [3.8, 4) is 0 Å². The molecule has 0 bridgehead atoms. The van der Waals surface area contributed by atoms with Crippen molar-refractivity contribution in [2.45, 2.75) is 38.8 Å². The molecule has 0 aliphatic carbocycles. The van der Waals surface area contributed by atoms with E-state index in [1.54, 1.807) is 32.9 Å². The number of carbonyl (C=O) groups is 2. The van der Waals surface area contributed by atoms with E-state index < -0.39 is 23.7 Å². The first-order valence-electron chi connectivity index (χ1n) is 6.00. The number of nitrogens with one attached hydrogen (secondary N) is 1. The van der Waals surface area contributed by atoms with Gasteiger partial charge in [0, 0.05) is 6.20 Å². The summed E-state index contributed by atoms with van der Waals surface area (Å²) in [6, 6.07) is 2.36. The second-order valence-electron chi connectivity index (χ2n) is 5.20. The SMILES string of the molecule is CC(C)(C)OC(=O)N[C@H](CC(=O)O)c1ccc(Cl)cn1. The number of rotatable bonds is 4. The van der Waals surface area contributed by atoms with Gasteiger partial charge in [-0.1, -0.05) is 11.6 Å². The third kappa shape index (κ3) is 5.88. The lowest BCUT2D eigenvalue weighted by molar-refractivity contribution is -0.137. The Morgan fingerprint density at radius 2 is 2.10 bits per heavy atom. The molecule has 1 aromatic heterocycles. The first-order chi connectivity index (χ1) is 9.17. The molecule has 0 fully saturated rings. The minimum absolute atomic E-state index is 0.298. The molecule has 0 radical (unpaired) electrons. The van der Waals surface area contributed by atoms with Gasteiger partial charge in [0.25, 0.3) is 0 Å². The first kappa shape index (κ1) is 16.2. The third-order valence-electron chi connectivity index (χ3n) is 2.18. The average molecular weight is 301 g/mol. The fraction of sp³-hybridized carbons (Fsp3) is 0.462. The van der Waals surface area contributed by atoms with E-state index in [0.717, 1.165) is 0 Å². The van der Waals surface area contributed by atoms with E-state index >= 15 is 0 Å². The van der Waals surface area contributed by atoms with E-state index in [-0.39, 0.29) is 6.42 Å². The lowest BCUT2D eigenvalue weighted by Crippen LogP contribution is -2.36. The highest BCUT2D eigenvalue weighted by atomic mass is 35.5. The van der Waals surface area contributed by atoms with Gasteiger partial charge in [0.05, 0.1) is 23.2 Å². The van der Waals surface area contributed by atoms with Crippen molar-refractivity contribution in [1.82, 2.24) is 10.3 Å². The molecular weight excluding hydrogens is 284 g/mol. The molecule has 2 N–H and O–H groups in total. The average Bonchev–Trinajstić information content (AvgIpc) is 2.25. The van der Waals surface area contributed by atoms with E-state index in [0.29, 0.717) is 10.7 Å². The molecule has 1 rings (SSSR count). The number of carbonyl (C=O) groups excluding carboxylic acids is 1. The van der Waals surface area contributed by atoms with Crippen LogP contribution in [0.25, 0.3) is 0 Å². The number of ether oxygens (including phenoxy) is 1. The molecular formula is C13H17ClN2O4. The Labute approximate surface area is 122 Å². The highest BCUT2D eigenvalue weighted by Crippen LogP contribution is 2.18. The highest BCUT2D eigenvalue weighted by molar-refractivity contribution is 6.30. The molecule has 1 amide bonds. The number of carboxylic acids is 1. The molecule has 6 nitrogen and oxygen atoms in total.